The Morgan fingerprint density at radius 1 is 1.09 bits per heavy atom. The zero-order chi connectivity index (χ0) is 15.9. The lowest BCUT2D eigenvalue weighted by molar-refractivity contribution is -0.123. The fourth-order valence-corrected chi connectivity index (χ4v) is 2.09. The second-order valence-electron chi connectivity index (χ2n) is 4.48. The van der Waals surface area contributed by atoms with Gasteiger partial charge in [-0.15, -0.1) is 0 Å². The molecule has 0 saturated carbocycles. The highest BCUT2D eigenvalue weighted by Gasteiger charge is 2.06. The third-order valence-corrected chi connectivity index (χ3v) is 3.52. The number of rotatable bonds is 6. The molecule has 0 radical (unpaired) electrons. The summed E-state index contributed by atoms with van der Waals surface area (Å²) in [5.41, 5.74) is 0.808. The van der Waals surface area contributed by atoms with Gasteiger partial charge in [-0.1, -0.05) is 29.3 Å². The van der Waals surface area contributed by atoms with Crippen LogP contribution in [0.15, 0.2) is 42.5 Å². The first-order valence-corrected chi connectivity index (χ1v) is 7.31. The fourth-order valence-electron chi connectivity index (χ4n) is 1.72. The standard InChI is InChI=1S/C16H15Cl2NO3/c1-21-14-5-2-11(15(18)8-14)9-19-16(20)10-22-13-6-3-12(17)4-7-13/h2-8H,9-10H2,1H3,(H,19,20). The van der Waals surface area contributed by atoms with Crippen molar-refractivity contribution in [2.45, 2.75) is 6.54 Å². The van der Waals surface area contributed by atoms with Crippen molar-refractivity contribution < 1.29 is 14.3 Å². The summed E-state index contributed by atoms with van der Waals surface area (Å²) in [5, 5.41) is 3.90. The minimum atomic E-state index is -0.234. The van der Waals surface area contributed by atoms with E-state index in [1.165, 1.54) is 0 Å². The molecule has 116 valence electrons. The van der Waals surface area contributed by atoms with E-state index in [0.717, 1.165) is 5.56 Å². The minimum Gasteiger partial charge on any atom is -0.497 e. The first-order chi connectivity index (χ1) is 10.6. The van der Waals surface area contributed by atoms with Crippen LogP contribution in [0.4, 0.5) is 0 Å². The van der Waals surface area contributed by atoms with Crippen LogP contribution in [0.25, 0.3) is 0 Å². The minimum absolute atomic E-state index is 0.0740. The van der Waals surface area contributed by atoms with Gasteiger partial charge in [0.05, 0.1) is 7.11 Å². The van der Waals surface area contributed by atoms with E-state index in [-0.39, 0.29) is 12.5 Å². The molecule has 0 atom stereocenters. The first kappa shape index (κ1) is 16.5. The molecule has 1 amide bonds. The van der Waals surface area contributed by atoms with Crippen LogP contribution in [0.3, 0.4) is 0 Å². The predicted molar refractivity (Wildman–Crippen MR) is 86.8 cm³/mol. The van der Waals surface area contributed by atoms with Crippen LogP contribution in [0.5, 0.6) is 11.5 Å². The quantitative estimate of drug-likeness (QED) is 0.872. The van der Waals surface area contributed by atoms with E-state index in [4.69, 9.17) is 32.7 Å². The van der Waals surface area contributed by atoms with E-state index in [1.54, 1.807) is 43.5 Å². The van der Waals surface area contributed by atoms with E-state index in [0.29, 0.717) is 28.1 Å². The number of hydrogen-bond donors (Lipinski definition) is 1. The Morgan fingerprint density at radius 2 is 1.77 bits per heavy atom. The van der Waals surface area contributed by atoms with Crippen LogP contribution in [0.2, 0.25) is 10.0 Å². The van der Waals surface area contributed by atoms with Gasteiger partial charge in [0.15, 0.2) is 6.61 Å². The number of hydrogen-bond acceptors (Lipinski definition) is 3. The van der Waals surface area contributed by atoms with Crippen molar-refractivity contribution in [3.8, 4) is 11.5 Å². The largest absolute Gasteiger partial charge is 0.497 e. The predicted octanol–water partition coefficient (Wildman–Crippen LogP) is 3.70. The first-order valence-electron chi connectivity index (χ1n) is 6.56. The van der Waals surface area contributed by atoms with Crippen molar-refractivity contribution in [3.05, 3.63) is 58.1 Å². The lowest BCUT2D eigenvalue weighted by atomic mass is 10.2. The van der Waals surface area contributed by atoms with E-state index < -0.39 is 0 Å². The van der Waals surface area contributed by atoms with Gasteiger partial charge in [-0.05, 0) is 42.0 Å². The van der Waals surface area contributed by atoms with E-state index in [1.807, 2.05) is 6.07 Å². The molecule has 0 heterocycles. The molecular weight excluding hydrogens is 325 g/mol. The van der Waals surface area contributed by atoms with Gasteiger partial charge in [0.25, 0.3) is 5.91 Å². The zero-order valence-electron chi connectivity index (χ0n) is 11.9. The molecule has 6 heteroatoms. The van der Waals surface area contributed by atoms with Gasteiger partial charge >= 0.3 is 0 Å². The molecule has 0 spiro atoms. The summed E-state index contributed by atoms with van der Waals surface area (Å²) in [6.07, 6.45) is 0. The SMILES string of the molecule is COc1ccc(CNC(=O)COc2ccc(Cl)cc2)c(Cl)c1. The Morgan fingerprint density at radius 3 is 2.41 bits per heavy atom. The highest BCUT2D eigenvalue weighted by Crippen LogP contribution is 2.22. The molecule has 2 aromatic rings. The summed E-state index contributed by atoms with van der Waals surface area (Å²) >= 11 is 11.9. The summed E-state index contributed by atoms with van der Waals surface area (Å²) in [7, 11) is 1.57. The number of carbonyl (C=O) groups is 1. The van der Waals surface area contributed by atoms with Crippen LogP contribution in [0.1, 0.15) is 5.56 Å². The Bertz CT molecular complexity index is 644. The zero-order valence-corrected chi connectivity index (χ0v) is 13.4. The molecule has 0 aliphatic heterocycles. The van der Waals surface area contributed by atoms with Gasteiger partial charge < -0.3 is 14.8 Å². The van der Waals surface area contributed by atoms with Crippen LogP contribution < -0.4 is 14.8 Å². The Labute approximate surface area is 138 Å². The van der Waals surface area contributed by atoms with Crippen LogP contribution >= 0.6 is 23.2 Å². The number of ether oxygens (including phenoxy) is 2. The van der Waals surface area contributed by atoms with Gasteiger partial charge in [-0.25, -0.2) is 0 Å². The normalized spacial score (nSPS) is 10.1. The topological polar surface area (TPSA) is 47.6 Å². The Kier molecular flexibility index (Phi) is 5.92. The molecule has 0 aliphatic carbocycles. The van der Waals surface area contributed by atoms with Crippen molar-refractivity contribution in [2.24, 2.45) is 0 Å². The maximum absolute atomic E-state index is 11.8. The maximum atomic E-state index is 11.8. The Balaban J connectivity index is 1.81. The Hall–Kier alpha value is -1.91. The smallest absolute Gasteiger partial charge is 0.258 e. The van der Waals surface area contributed by atoms with Gasteiger partial charge in [0, 0.05) is 16.6 Å². The molecule has 0 aromatic heterocycles. The summed E-state index contributed by atoms with van der Waals surface area (Å²) < 4.78 is 10.4. The third-order valence-electron chi connectivity index (χ3n) is 2.92. The number of halogens is 2. The fraction of sp³-hybridized carbons (Fsp3) is 0.188. The molecule has 0 bridgehead atoms. The summed E-state index contributed by atoms with van der Waals surface area (Å²) in [6, 6.07) is 12.1. The summed E-state index contributed by atoms with van der Waals surface area (Å²) in [4.78, 5) is 11.8. The van der Waals surface area contributed by atoms with E-state index in [2.05, 4.69) is 5.32 Å². The summed E-state index contributed by atoms with van der Waals surface area (Å²) in [6.45, 7) is 0.251. The molecule has 1 N–H and O–H groups in total. The molecular formula is C16H15Cl2NO3. The van der Waals surface area contributed by atoms with E-state index >= 15 is 0 Å². The average molecular weight is 340 g/mol. The second kappa shape index (κ2) is 7.92. The van der Waals surface area contributed by atoms with Gasteiger partial charge in [-0.3, -0.25) is 4.79 Å². The monoisotopic (exact) mass is 339 g/mol. The lowest BCUT2D eigenvalue weighted by Gasteiger charge is -2.09. The molecule has 0 unspecified atom stereocenters. The van der Waals surface area contributed by atoms with Crippen molar-refractivity contribution >= 4 is 29.1 Å². The second-order valence-corrected chi connectivity index (χ2v) is 5.32. The maximum Gasteiger partial charge on any atom is 0.258 e. The molecule has 0 fully saturated rings. The highest BCUT2D eigenvalue weighted by molar-refractivity contribution is 6.31. The van der Waals surface area contributed by atoms with Gasteiger partial charge in [-0.2, -0.15) is 0 Å². The lowest BCUT2D eigenvalue weighted by Crippen LogP contribution is -2.28. The molecule has 2 aromatic carbocycles. The number of carbonyl (C=O) groups excluding carboxylic acids is 1. The molecule has 4 nitrogen and oxygen atoms in total. The number of amides is 1. The third kappa shape index (κ3) is 4.83. The molecule has 2 rings (SSSR count). The van der Waals surface area contributed by atoms with Crippen molar-refractivity contribution in [1.82, 2.24) is 5.32 Å². The van der Waals surface area contributed by atoms with Crippen LogP contribution in [-0.2, 0) is 11.3 Å². The molecule has 0 aliphatic rings. The average Bonchev–Trinajstić information content (AvgIpc) is 2.53. The van der Waals surface area contributed by atoms with Crippen molar-refractivity contribution in [1.29, 1.82) is 0 Å². The molecule has 0 saturated heterocycles. The van der Waals surface area contributed by atoms with E-state index in [9.17, 15) is 4.79 Å². The number of benzene rings is 2. The van der Waals surface area contributed by atoms with Crippen LogP contribution in [0, 0.1) is 0 Å². The van der Waals surface area contributed by atoms with Gasteiger partial charge in [0.2, 0.25) is 0 Å². The van der Waals surface area contributed by atoms with Crippen LogP contribution in [-0.4, -0.2) is 19.6 Å². The van der Waals surface area contributed by atoms with Crippen molar-refractivity contribution in [3.63, 3.8) is 0 Å². The number of nitrogens with one attached hydrogen (secondary N) is 1. The highest BCUT2D eigenvalue weighted by atomic mass is 35.5. The number of methoxy groups -OCH3 is 1. The summed E-state index contributed by atoms with van der Waals surface area (Å²) in [5.74, 6) is 1.02. The van der Waals surface area contributed by atoms with Crippen molar-refractivity contribution in [2.75, 3.05) is 13.7 Å². The molecule has 22 heavy (non-hydrogen) atoms. The van der Waals surface area contributed by atoms with Gasteiger partial charge in [0.1, 0.15) is 11.5 Å².